The molecule has 4 nitrogen and oxygen atoms in total. The molecule has 0 aliphatic carbocycles. The maximum Gasteiger partial charge on any atom is 0.222 e. The summed E-state index contributed by atoms with van der Waals surface area (Å²) in [6, 6.07) is 13.5. The maximum atomic E-state index is 6.43. The van der Waals surface area contributed by atoms with Crippen molar-refractivity contribution in [2.45, 2.75) is 18.5 Å². The summed E-state index contributed by atoms with van der Waals surface area (Å²) in [6.07, 6.45) is 2.34. The number of rotatable bonds is 2. The average molecular weight is 380 g/mol. The number of nitrogens with zero attached hydrogens (tertiary/aromatic N) is 3. The van der Waals surface area contributed by atoms with Gasteiger partial charge in [-0.05, 0) is 41.8 Å². The van der Waals surface area contributed by atoms with Crippen molar-refractivity contribution in [1.29, 1.82) is 0 Å². The number of nitrogens with one attached hydrogen (secondary N) is 1. The van der Waals surface area contributed by atoms with E-state index in [9.17, 15) is 0 Å². The van der Waals surface area contributed by atoms with Crippen LogP contribution in [0.15, 0.2) is 48.8 Å². The van der Waals surface area contributed by atoms with Crippen LogP contribution in [0.3, 0.4) is 0 Å². The Labute approximate surface area is 154 Å². The molecule has 1 aliphatic rings. The fourth-order valence-electron chi connectivity index (χ4n) is 3.06. The summed E-state index contributed by atoms with van der Waals surface area (Å²) in [5.74, 6) is 0.720. The third-order valence-electron chi connectivity index (χ3n) is 4.22. The van der Waals surface area contributed by atoms with E-state index in [4.69, 9.17) is 34.8 Å². The monoisotopic (exact) mass is 378 g/mol. The molecular formula is C17H13Cl3N4. The second-order valence-corrected chi connectivity index (χ2v) is 6.97. The summed E-state index contributed by atoms with van der Waals surface area (Å²) >= 11 is 18.5. The number of hydrogen-bond acceptors (Lipinski definition) is 3. The van der Waals surface area contributed by atoms with Gasteiger partial charge in [-0.3, -0.25) is 0 Å². The van der Waals surface area contributed by atoms with Crippen LogP contribution >= 0.6 is 34.8 Å². The lowest BCUT2D eigenvalue weighted by atomic mass is 9.93. The summed E-state index contributed by atoms with van der Waals surface area (Å²) in [5.41, 5.74) is 2.12. The molecule has 1 aromatic heterocycles. The van der Waals surface area contributed by atoms with Gasteiger partial charge in [-0.25, -0.2) is 4.68 Å². The minimum atomic E-state index is -0.0193. The molecular weight excluding hydrogens is 367 g/mol. The summed E-state index contributed by atoms with van der Waals surface area (Å²) in [7, 11) is 0. The first-order valence-corrected chi connectivity index (χ1v) is 8.61. The molecule has 0 unspecified atom stereocenters. The fourth-order valence-corrected chi connectivity index (χ4v) is 3.72. The molecule has 1 N–H and O–H groups in total. The van der Waals surface area contributed by atoms with E-state index in [-0.39, 0.29) is 12.1 Å². The van der Waals surface area contributed by atoms with Gasteiger partial charge in [-0.15, -0.1) is 0 Å². The summed E-state index contributed by atoms with van der Waals surface area (Å²) in [6.45, 7) is 0. The van der Waals surface area contributed by atoms with Crippen LogP contribution in [0, 0.1) is 0 Å². The van der Waals surface area contributed by atoms with Crippen LogP contribution in [0.25, 0.3) is 0 Å². The highest BCUT2D eigenvalue weighted by Crippen LogP contribution is 2.40. The lowest BCUT2D eigenvalue weighted by Crippen LogP contribution is -2.28. The Morgan fingerprint density at radius 1 is 1.00 bits per heavy atom. The standard InChI is InChI=1S/C17H13Cl3N4/c18-11-3-1-10(2-4-11)15-8-16(24-17(23-15)21-9-22-24)13-6-5-12(19)7-14(13)20/h1-7,9,15-16H,8H2,(H,21,22,23)/t15-,16+/m0/s1. The first-order valence-electron chi connectivity index (χ1n) is 7.48. The second kappa shape index (κ2) is 6.28. The van der Waals surface area contributed by atoms with Gasteiger partial charge in [-0.2, -0.15) is 10.1 Å². The van der Waals surface area contributed by atoms with E-state index in [1.54, 1.807) is 12.4 Å². The van der Waals surface area contributed by atoms with Crippen LogP contribution in [0.2, 0.25) is 15.1 Å². The Balaban J connectivity index is 1.75. The van der Waals surface area contributed by atoms with Crippen molar-refractivity contribution in [3.8, 4) is 0 Å². The largest absolute Gasteiger partial charge is 0.348 e. The fraction of sp³-hybridized carbons (Fsp3) is 0.176. The molecule has 122 valence electrons. The molecule has 24 heavy (non-hydrogen) atoms. The first kappa shape index (κ1) is 15.8. The van der Waals surface area contributed by atoms with Crippen LogP contribution < -0.4 is 5.32 Å². The minimum absolute atomic E-state index is 0.0193. The van der Waals surface area contributed by atoms with Gasteiger partial charge in [0.25, 0.3) is 0 Å². The minimum Gasteiger partial charge on any atom is -0.348 e. The van der Waals surface area contributed by atoms with Crippen LogP contribution in [-0.2, 0) is 0 Å². The van der Waals surface area contributed by atoms with Crippen LogP contribution in [0.5, 0.6) is 0 Å². The highest BCUT2D eigenvalue weighted by molar-refractivity contribution is 6.35. The zero-order valence-electron chi connectivity index (χ0n) is 12.5. The summed E-state index contributed by atoms with van der Waals surface area (Å²) < 4.78 is 1.86. The van der Waals surface area contributed by atoms with E-state index in [0.29, 0.717) is 10.0 Å². The first-order chi connectivity index (χ1) is 11.6. The van der Waals surface area contributed by atoms with Crippen LogP contribution in [0.1, 0.15) is 29.6 Å². The van der Waals surface area contributed by atoms with Gasteiger partial charge in [0, 0.05) is 15.1 Å². The van der Waals surface area contributed by atoms with Crippen molar-refractivity contribution in [3.63, 3.8) is 0 Å². The van der Waals surface area contributed by atoms with E-state index >= 15 is 0 Å². The molecule has 2 atom stereocenters. The SMILES string of the molecule is Clc1ccc([C@@H]2C[C@H](c3ccc(Cl)cc3Cl)n3ncnc3N2)cc1. The normalized spacial score (nSPS) is 19.6. The van der Waals surface area contributed by atoms with E-state index in [1.165, 1.54) is 0 Å². The molecule has 0 saturated heterocycles. The van der Waals surface area contributed by atoms with E-state index in [0.717, 1.165) is 28.5 Å². The predicted octanol–water partition coefficient (Wildman–Crippen LogP) is 5.38. The number of aromatic nitrogens is 3. The molecule has 1 aliphatic heterocycles. The van der Waals surface area contributed by atoms with Gasteiger partial charge in [0.05, 0.1) is 12.1 Å². The van der Waals surface area contributed by atoms with Crippen molar-refractivity contribution in [2.75, 3.05) is 5.32 Å². The molecule has 2 heterocycles. The van der Waals surface area contributed by atoms with Gasteiger partial charge in [0.1, 0.15) is 6.33 Å². The number of hydrogen-bond donors (Lipinski definition) is 1. The Morgan fingerprint density at radius 2 is 1.75 bits per heavy atom. The van der Waals surface area contributed by atoms with Gasteiger partial charge in [0.2, 0.25) is 5.95 Å². The molecule has 4 rings (SSSR count). The predicted molar refractivity (Wildman–Crippen MR) is 97.1 cm³/mol. The molecule has 0 spiro atoms. The third kappa shape index (κ3) is 2.86. The van der Waals surface area contributed by atoms with Gasteiger partial charge < -0.3 is 5.32 Å². The Bertz CT molecular complexity index is 876. The van der Waals surface area contributed by atoms with E-state index in [2.05, 4.69) is 15.4 Å². The zero-order valence-corrected chi connectivity index (χ0v) is 14.7. The number of anilines is 1. The average Bonchev–Trinajstić information content (AvgIpc) is 3.03. The topological polar surface area (TPSA) is 42.7 Å². The van der Waals surface area contributed by atoms with Crippen molar-refractivity contribution < 1.29 is 0 Å². The highest BCUT2D eigenvalue weighted by Gasteiger charge is 2.31. The molecule has 3 aromatic rings. The van der Waals surface area contributed by atoms with Gasteiger partial charge in [0.15, 0.2) is 0 Å². The number of fused-ring (bicyclic) bond motifs is 1. The number of benzene rings is 2. The van der Waals surface area contributed by atoms with Gasteiger partial charge >= 0.3 is 0 Å². The van der Waals surface area contributed by atoms with Crippen molar-refractivity contribution in [2.24, 2.45) is 0 Å². The van der Waals surface area contributed by atoms with Crippen molar-refractivity contribution in [1.82, 2.24) is 14.8 Å². The third-order valence-corrected chi connectivity index (χ3v) is 5.04. The highest BCUT2D eigenvalue weighted by atomic mass is 35.5. The van der Waals surface area contributed by atoms with Crippen molar-refractivity contribution in [3.05, 3.63) is 75.0 Å². The molecule has 0 fully saturated rings. The van der Waals surface area contributed by atoms with Crippen molar-refractivity contribution >= 4 is 40.8 Å². The molecule has 0 bridgehead atoms. The Morgan fingerprint density at radius 3 is 2.50 bits per heavy atom. The second-order valence-electron chi connectivity index (χ2n) is 5.69. The lowest BCUT2D eigenvalue weighted by molar-refractivity contribution is 0.431. The number of halogens is 3. The molecule has 0 saturated carbocycles. The van der Waals surface area contributed by atoms with Crippen LogP contribution in [0.4, 0.5) is 5.95 Å². The van der Waals surface area contributed by atoms with E-state index in [1.807, 2.05) is 41.1 Å². The zero-order chi connectivity index (χ0) is 16.7. The van der Waals surface area contributed by atoms with Crippen LogP contribution in [-0.4, -0.2) is 14.8 Å². The molecule has 7 heteroatoms. The van der Waals surface area contributed by atoms with Gasteiger partial charge in [-0.1, -0.05) is 53.0 Å². The summed E-state index contributed by atoms with van der Waals surface area (Å²) in [4.78, 5) is 4.32. The Kier molecular flexibility index (Phi) is 4.12. The van der Waals surface area contributed by atoms with E-state index < -0.39 is 0 Å². The molecule has 2 aromatic carbocycles. The maximum absolute atomic E-state index is 6.43. The summed E-state index contributed by atoms with van der Waals surface area (Å²) in [5, 5.41) is 9.74. The quantitative estimate of drug-likeness (QED) is 0.649. The Hall–Kier alpha value is -1.75. The molecule has 0 amide bonds. The smallest absolute Gasteiger partial charge is 0.222 e. The molecule has 0 radical (unpaired) electrons. The lowest BCUT2D eigenvalue weighted by Gasteiger charge is -2.32.